The van der Waals surface area contributed by atoms with E-state index in [1.807, 2.05) is 13.8 Å². The molecule has 0 N–H and O–H groups in total. The molecule has 0 amide bonds. The van der Waals surface area contributed by atoms with E-state index in [1.54, 1.807) is 0 Å². The molecule has 0 unspecified atom stereocenters. The molecule has 0 bridgehead atoms. The average molecular weight is 291 g/mol. The van der Waals surface area contributed by atoms with E-state index in [4.69, 9.17) is 0 Å². The van der Waals surface area contributed by atoms with E-state index in [1.165, 1.54) is 69.8 Å². The predicted molar refractivity (Wildman–Crippen MR) is 97.9 cm³/mol. The van der Waals surface area contributed by atoms with Gasteiger partial charge in [0.25, 0.3) is 0 Å². The highest BCUT2D eigenvalue weighted by Crippen LogP contribution is 2.29. The van der Waals surface area contributed by atoms with Crippen LogP contribution >= 0.6 is 0 Å². The van der Waals surface area contributed by atoms with Crippen LogP contribution in [0.4, 0.5) is 0 Å². The average Bonchev–Trinajstić information content (AvgIpc) is 3.04. The largest absolute Gasteiger partial charge is 0.0683 e. The highest BCUT2D eigenvalue weighted by molar-refractivity contribution is 5.14. The molecular formula is C21H38. The van der Waals surface area contributed by atoms with Gasteiger partial charge in [-0.15, -0.1) is 0 Å². The quantitative estimate of drug-likeness (QED) is 0.478. The lowest BCUT2D eigenvalue weighted by molar-refractivity contribution is 0.468. The topological polar surface area (TPSA) is 0 Å². The van der Waals surface area contributed by atoms with Crippen molar-refractivity contribution in [2.24, 2.45) is 5.92 Å². The fourth-order valence-electron chi connectivity index (χ4n) is 2.88. The van der Waals surface area contributed by atoms with Gasteiger partial charge in [-0.3, -0.25) is 0 Å². The van der Waals surface area contributed by atoms with Crippen molar-refractivity contribution in [1.82, 2.24) is 0 Å². The van der Waals surface area contributed by atoms with Crippen LogP contribution in [0.2, 0.25) is 0 Å². The third-order valence-electron chi connectivity index (χ3n) is 3.90. The van der Waals surface area contributed by atoms with Crippen LogP contribution in [0.3, 0.4) is 0 Å². The van der Waals surface area contributed by atoms with Crippen LogP contribution in [0, 0.1) is 5.92 Å². The summed E-state index contributed by atoms with van der Waals surface area (Å²) in [5.74, 6) is 1.08. The Labute approximate surface area is 134 Å². The first-order chi connectivity index (χ1) is 10.4. The number of hydrogen-bond acceptors (Lipinski definition) is 0. The van der Waals surface area contributed by atoms with Gasteiger partial charge < -0.3 is 0 Å². The fraction of sp³-hybridized carbons (Fsp3) is 0.714. The molecule has 0 nitrogen and oxygen atoms in total. The van der Waals surface area contributed by atoms with Crippen LogP contribution in [0.5, 0.6) is 0 Å². The van der Waals surface area contributed by atoms with Gasteiger partial charge in [0.1, 0.15) is 0 Å². The van der Waals surface area contributed by atoms with Crippen molar-refractivity contribution in [1.29, 1.82) is 0 Å². The summed E-state index contributed by atoms with van der Waals surface area (Å²) in [5.41, 5.74) is 1.50. The Bertz CT molecular complexity index is 282. The lowest BCUT2D eigenvalue weighted by Crippen LogP contribution is -1.93. The summed E-state index contributed by atoms with van der Waals surface area (Å²) in [6.45, 7) is 8.25. The van der Waals surface area contributed by atoms with Crippen molar-refractivity contribution in [2.75, 3.05) is 0 Å². The van der Waals surface area contributed by atoms with Crippen molar-refractivity contribution in [3.05, 3.63) is 35.9 Å². The summed E-state index contributed by atoms with van der Waals surface area (Å²) in [4.78, 5) is 0. The zero-order valence-corrected chi connectivity index (χ0v) is 15.0. The minimum absolute atomic E-state index is 1.08. The Balaban J connectivity index is 0.000000713. The molecule has 1 aliphatic carbocycles. The smallest absolute Gasteiger partial charge is 0.0279 e. The molecule has 122 valence electrons. The second-order valence-electron chi connectivity index (χ2n) is 5.94. The first kappa shape index (κ1) is 20.2. The summed E-state index contributed by atoms with van der Waals surface area (Å²) in [7, 11) is 0. The second-order valence-corrected chi connectivity index (χ2v) is 5.94. The molecule has 1 aromatic carbocycles. The minimum Gasteiger partial charge on any atom is -0.0683 e. The van der Waals surface area contributed by atoms with E-state index < -0.39 is 0 Å². The number of benzene rings is 1. The van der Waals surface area contributed by atoms with Gasteiger partial charge >= 0.3 is 0 Å². The van der Waals surface area contributed by atoms with Gasteiger partial charge in [0.2, 0.25) is 0 Å². The first-order valence-corrected chi connectivity index (χ1v) is 9.40. The minimum atomic E-state index is 1.08. The van der Waals surface area contributed by atoms with Crippen LogP contribution in [0.15, 0.2) is 30.3 Å². The van der Waals surface area contributed by atoms with E-state index in [2.05, 4.69) is 44.2 Å². The van der Waals surface area contributed by atoms with Crippen LogP contribution in [0.25, 0.3) is 0 Å². The Kier molecular flexibility index (Phi) is 15.0. The Morgan fingerprint density at radius 3 is 2.00 bits per heavy atom. The molecule has 21 heavy (non-hydrogen) atoms. The highest BCUT2D eigenvalue weighted by Gasteiger charge is 2.13. The second kappa shape index (κ2) is 15.6. The molecule has 0 saturated heterocycles. The van der Waals surface area contributed by atoms with Crippen LogP contribution in [0.1, 0.15) is 91.0 Å². The number of unbranched alkanes of at least 4 members (excludes halogenated alkanes) is 2. The molecule has 0 radical (unpaired) electrons. The molecule has 0 spiro atoms. The van der Waals surface area contributed by atoms with Crippen molar-refractivity contribution >= 4 is 0 Å². The van der Waals surface area contributed by atoms with E-state index in [0.29, 0.717) is 0 Å². The Morgan fingerprint density at radius 2 is 1.43 bits per heavy atom. The van der Waals surface area contributed by atoms with Gasteiger partial charge in [-0.25, -0.2) is 0 Å². The number of rotatable bonds is 6. The van der Waals surface area contributed by atoms with Gasteiger partial charge in [0.15, 0.2) is 0 Å². The van der Waals surface area contributed by atoms with Crippen molar-refractivity contribution < 1.29 is 0 Å². The van der Waals surface area contributed by atoms with Crippen molar-refractivity contribution in [3.63, 3.8) is 0 Å². The molecule has 0 heterocycles. The molecule has 0 heteroatoms. The normalized spacial score (nSPS) is 13.9. The van der Waals surface area contributed by atoms with E-state index in [0.717, 1.165) is 5.92 Å². The highest BCUT2D eigenvalue weighted by atomic mass is 14.2. The molecule has 0 aliphatic heterocycles. The lowest BCUT2D eigenvalue weighted by Gasteiger charge is -2.07. The van der Waals surface area contributed by atoms with Crippen LogP contribution < -0.4 is 0 Å². The van der Waals surface area contributed by atoms with Gasteiger partial charge in [0.05, 0.1) is 0 Å². The van der Waals surface area contributed by atoms with Crippen molar-refractivity contribution in [3.8, 4) is 0 Å². The van der Waals surface area contributed by atoms with Gasteiger partial charge in [-0.1, -0.05) is 109 Å². The maximum atomic E-state index is 2.25. The zero-order valence-electron chi connectivity index (χ0n) is 15.0. The maximum absolute atomic E-state index is 2.25. The molecule has 0 aromatic heterocycles. The summed E-state index contributed by atoms with van der Waals surface area (Å²) in [6, 6.07) is 10.9. The molecule has 1 fully saturated rings. The van der Waals surface area contributed by atoms with E-state index >= 15 is 0 Å². The fourth-order valence-corrected chi connectivity index (χ4v) is 2.88. The lowest BCUT2D eigenvalue weighted by atomic mass is 9.98. The first-order valence-electron chi connectivity index (χ1n) is 9.40. The standard InChI is InChI=1S/C16H24.C3H8.C2H6/c1-3-9-15(10-4-1)11-5-2-6-12-16-13-7-8-14-16;1-3-2;1-2/h1,3-4,9-10,16H,2,5-8,11-14H2;3H2,1-2H3;1-2H3. The van der Waals surface area contributed by atoms with Crippen molar-refractivity contribution in [2.45, 2.75) is 91.9 Å². The summed E-state index contributed by atoms with van der Waals surface area (Å²) < 4.78 is 0. The summed E-state index contributed by atoms with van der Waals surface area (Å²) in [5, 5.41) is 0. The molecule has 1 saturated carbocycles. The maximum Gasteiger partial charge on any atom is -0.0279 e. The third-order valence-corrected chi connectivity index (χ3v) is 3.90. The Hall–Kier alpha value is -0.780. The molecule has 1 aromatic rings. The zero-order chi connectivity index (χ0) is 15.8. The Morgan fingerprint density at radius 1 is 0.857 bits per heavy atom. The van der Waals surface area contributed by atoms with Crippen LogP contribution in [-0.4, -0.2) is 0 Å². The molecule has 1 aliphatic rings. The molecule has 2 rings (SSSR count). The molecular weight excluding hydrogens is 252 g/mol. The summed E-state index contributed by atoms with van der Waals surface area (Å²) >= 11 is 0. The molecule has 0 atom stereocenters. The van der Waals surface area contributed by atoms with E-state index in [-0.39, 0.29) is 0 Å². The van der Waals surface area contributed by atoms with Gasteiger partial charge in [-0.2, -0.15) is 0 Å². The predicted octanol–water partition coefficient (Wildman–Crippen LogP) is 7.42. The summed E-state index contributed by atoms with van der Waals surface area (Å²) in [6.07, 6.45) is 14.3. The van der Waals surface area contributed by atoms with E-state index in [9.17, 15) is 0 Å². The van der Waals surface area contributed by atoms with Gasteiger partial charge in [-0.05, 0) is 24.3 Å². The van der Waals surface area contributed by atoms with Crippen LogP contribution in [-0.2, 0) is 6.42 Å². The van der Waals surface area contributed by atoms with Gasteiger partial charge in [0, 0.05) is 0 Å². The SMILES string of the molecule is CC.CCC.c1ccc(CCCCCC2CCCC2)cc1. The monoisotopic (exact) mass is 290 g/mol. The number of aryl methyl sites for hydroxylation is 1. The third kappa shape index (κ3) is 11.5. The number of hydrogen-bond donors (Lipinski definition) is 0.